The lowest BCUT2D eigenvalue weighted by Crippen LogP contribution is -2.14. The van der Waals surface area contributed by atoms with Crippen molar-refractivity contribution >= 4 is 0 Å². The second-order valence-electron chi connectivity index (χ2n) is 1.49. The second-order valence-corrected chi connectivity index (χ2v) is 1.49. The van der Waals surface area contributed by atoms with Crippen molar-refractivity contribution < 1.29 is 17.9 Å². The van der Waals surface area contributed by atoms with Gasteiger partial charge in [-0.05, 0) is 6.08 Å². The Kier molecular flexibility index (Phi) is 3.61. The Bertz CT molecular complexity index is 125. The van der Waals surface area contributed by atoms with Gasteiger partial charge in [-0.25, -0.2) is 0 Å². The summed E-state index contributed by atoms with van der Waals surface area (Å²) in [6, 6.07) is 0. The summed E-state index contributed by atoms with van der Waals surface area (Å²) in [5.74, 6) is 0. The normalized spacial score (nSPS) is 11.9. The molecule has 0 amide bonds. The van der Waals surface area contributed by atoms with Crippen LogP contribution in [0.4, 0.5) is 13.2 Å². The van der Waals surface area contributed by atoms with Gasteiger partial charge in [0.25, 0.3) is 0 Å². The Morgan fingerprint density at radius 2 is 2.00 bits per heavy atom. The molecule has 0 saturated carbocycles. The Balaban J connectivity index is 3.37. The third kappa shape index (κ3) is 7.07. The van der Waals surface area contributed by atoms with E-state index in [0.717, 1.165) is 6.26 Å². The van der Waals surface area contributed by atoms with Crippen LogP contribution in [0, 0.1) is 0 Å². The molecule has 0 aliphatic rings. The van der Waals surface area contributed by atoms with Gasteiger partial charge in [-0.2, -0.15) is 13.2 Å². The molecule has 0 heterocycles. The van der Waals surface area contributed by atoms with E-state index >= 15 is 0 Å². The fourth-order valence-electron chi connectivity index (χ4n) is 0.254. The van der Waals surface area contributed by atoms with Crippen molar-refractivity contribution in [1.82, 2.24) is 0 Å². The van der Waals surface area contributed by atoms with Gasteiger partial charge in [-0.3, -0.25) is 0 Å². The van der Waals surface area contributed by atoms with Crippen LogP contribution < -0.4 is 0 Å². The molecule has 0 unspecified atom stereocenters. The topological polar surface area (TPSA) is 9.23 Å². The van der Waals surface area contributed by atoms with Crippen LogP contribution in [-0.4, -0.2) is 12.8 Å². The van der Waals surface area contributed by atoms with E-state index in [1.54, 1.807) is 0 Å². The minimum absolute atomic E-state index is 0.945. The molecular formula is C6H7F3O. The standard InChI is InChI=1S/C6H7F3O/c1-2-3-4-10-5-6(7,8)9/h2-4H,1,5H2. The summed E-state index contributed by atoms with van der Waals surface area (Å²) in [4.78, 5) is 0. The summed E-state index contributed by atoms with van der Waals surface area (Å²) in [5.41, 5.74) is 0. The molecule has 0 spiro atoms. The van der Waals surface area contributed by atoms with Crippen molar-refractivity contribution in [1.29, 1.82) is 0 Å². The maximum Gasteiger partial charge on any atom is 0.422 e. The van der Waals surface area contributed by atoms with Crippen LogP contribution in [0.15, 0.2) is 25.0 Å². The van der Waals surface area contributed by atoms with Crippen LogP contribution in [0.25, 0.3) is 0 Å². The van der Waals surface area contributed by atoms with Gasteiger partial charge in [-0.1, -0.05) is 12.7 Å². The van der Waals surface area contributed by atoms with Crippen LogP contribution in [-0.2, 0) is 4.74 Å². The lowest BCUT2D eigenvalue weighted by molar-refractivity contribution is -0.161. The van der Waals surface area contributed by atoms with Crippen LogP contribution >= 0.6 is 0 Å². The number of allylic oxidation sites excluding steroid dienone is 2. The lowest BCUT2D eigenvalue weighted by atomic mass is 10.6. The zero-order chi connectivity index (χ0) is 8.04. The monoisotopic (exact) mass is 152 g/mol. The molecule has 0 aliphatic heterocycles. The molecular weight excluding hydrogens is 145 g/mol. The van der Waals surface area contributed by atoms with Crippen molar-refractivity contribution in [3.63, 3.8) is 0 Å². The summed E-state index contributed by atoms with van der Waals surface area (Å²) in [6.07, 6.45) is -0.700. The van der Waals surface area contributed by atoms with Gasteiger partial charge in [0.05, 0.1) is 6.26 Å². The maximum atomic E-state index is 11.3. The van der Waals surface area contributed by atoms with Crippen molar-refractivity contribution in [3.05, 3.63) is 25.0 Å². The quantitative estimate of drug-likeness (QED) is 0.445. The highest BCUT2D eigenvalue weighted by molar-refractivity contribution is 4.92. The molecule has 1 nitrogen and oxygen atoms in total. The number of hydrogen-bond acceptors (Lipinski definition) is 1. The van der Waals surface area contributed by atoms with E-state index in [2.05, 4.69) is 11.3 Å². The predicted molar refractivity (Wildman–Crippen MR) is 31.3 cm³/mol. The summed E-state index contributed by atoms with van der Waals surface area (Å²) in [6.45, 7) is 1.99. The fraction of sp³-hybridized carbons (Fsp3) is 0.333. The van der Waals surface area contributed by atoms with E-state index in [1.165, 1.54) is 12.2 Å². The molecule has 0 saturated heterocycles. The van der Waals surface area contributed by atoms with Gasteiger partial charge in [-0.15, -0.1) is 0 Å². The minimum Gasteiger partial charge on any atom is -0.492 e. The molecule has 0 N–H and O–H groups in total. The molecule has 0 aromatic heterocycles. The van der Waals surface area contributed by atoms with Crippen LogP contribution in [0.2, 0.25) is 0 Å². The number of halogens is 3. The summed E-state index contributed by atoms with van der Waals surface area (Å²) in [5, 5.41) is 0. The third-order valence-electron chi connectivity index (χ3n) is 0.558. The summed E-state index contributed by atoms with van der Waals surface area (Å²) >= 11 is 0. The molecule has 0 fully saturated rings. The lowest BCUT2D eigenvalue weighted by Gasteiger charge is -2.03. The molecule has 0 atom stereocenters. The second kappa shape index (κ2) is 3.98. The predicted octanol–water partition coefficient (Wildman–Crippen LogP) is 2.27. The first kappa shape index (κ1) is 9.07. The molecule has 0 bridgehead atoms. The van der Waals surface area contributed by atoms with Gasteiger partial charge in [0.1, 0.15) is 0 Å². The Morgan fingerprint density at radius 3 is 2.40 bits per heavy atom. The molecule has 0 radical (unpaired) electrons. The number of rotatable bonds is 3. The first-order chi connectivity index (χ1) is 4.56. The maximum absolute atomic E-state index is 11.3. The molecule has 0 aromatic carbocycles. The average molecular weight is 152 g/mol. The van der Waals surface area contributed by atoms with Crippen molar-refractivity contribution in [3.8, 4) is 0 Å². The highest BCUT2D eigenvalue weighted by atomic mass is 19.4. The first-order valence-electron chi connectivity index (χ1n) is 2.52. The number of alkyl halides is 3. The third-order valence-corrected chi connectivity index (χ3v) is 0.558. The van der Waals surface area contributed by atoms with Gasteiger partial charge in [0.2, 0.25) is 0 Å². The highest BCUT2D eigenvalue weighted by Crippen LogP contribution is 2.14. The molecule has 0 rings (SSSR count). The van der Waals surface area contributed by atoms with Crippen molar-refractivity contribution in [2.24, 2.45) is 0 Å². The minimum atomic E-state index is -4.26. The van der Waals surface area contributed by atoms with Crippen molar-refractivity contribution in [2.75, 3.05) is 6.61 Å². The van der Waals surface area contributed by atoms with Gasteiger partial charge < -0.3 is 4.74 Å². The van der Waals surface area contributed by atoms with E-state index in [9.17, 15) is 13.2 Å². The van der Waals surface area contributed by atoms with Crippen LogP contribution in [0.5, 0.6) is 0 Å². The van der Waals surface area contributed by atoms with E-state index < -0.39 is 12.8 Å². The molecule has 58 valence electrons. The number of hydrogen-bond donors (Lipinski definition) is 0. The van der Waals surface area contributed by atoms with E-state index in [-0.39, 0.29) is 0 Å². The van der Waals surface area contributed by atoms with Crippen molar-refractivity contribution in [2.45, 2.75) is 6.18 Å². The average Bonchev–Trinajstić information content (AvgIpc) is 1.78. The Morgan fingerprint density at radius 1 is 1.40 bits per heavy atom. The Labute approximate surface area is 56.8 Å². The van der Waals surface area contributed by atoms with E-state index in [1.807, 2.05) is 0 Å². The molecule has 0 aliphatic carbocycles. The van der Waals surface area contributed by atoms with Gasteiger partial charge in [0, 0.05) is 0 Å². The van der Waals surface area contributed by atoms with Gasteiger partial charge >= 0.3 is 6.18 Å². The van der Waals surface area contributed by atoms with Crippen LogP contribution in [0.1, 0.15) is 0 Å². The largest absolute Gasteiger partial charge is 0.492 e. The molecule has 10 heavy (non-hydrogen) atoms. The molecule has 0 aromatic rings. The SMILES string of the molecule is C=CC=COCC(F)(F)F. The zero-order valence-electron chi connectivity index (χ0n) is 5.19. The number of ether oxygens (including phenoxy) is 1. The smallest absolute Gasteiger partial charge is 0.422 e. The summed E-state index contributed by atoms with van der Waals surface area (Å²) < 4.78 is 38.0. The fourth-order valence-corrected chi connectivity index (χ4v) is 0.254. The highest BCUT2D eigenvalue weighted by Gasteiger charge is 2.27. The molecule has 4 heteroatoms. The Hall–Kier alpha value is -0.930. The zero-order valence-corrected chi connectivity index (χ0v) is 5.19. The summed E-state index contributed by atoms with van der Waals surface area (Å²) in [7, 11) is 0. The van der Waals surface area contributed by atoms with Crippen LogP contribution in [0.3, 0.4) is 0 Å². The van der Waals surface area contributed by atoms with E-state index in [0.29, 0.717) is 0 Å². The van der Waals surface area contributed by atoms with E-state index in [4.69, 9.17) is 0 Å². The first-order valence-corrected chi connectivity index (χ1v) is 2.52. The van der Waals surface area contributed by atoms with Gasteiger partial charge in [0.15, 0.2) is 6.61 Å².